The number of guanidine groups is 1. The summed E-state index contributed by atoms with van der Waals surface area (Å²) in [4.78, 5) is 5.53. The van der Waals surface area contributed by atoms with Gasteiger partial charge in [0.05, 0.1) is 12.6 Å². The van der Waals surface area contributed by atoms with Crippen LogP contribution >= 0.6 is 35.3 Å². The quantitative estimate of drug-likeness (QED) is 0.252. The van der Waals surface area contributed by atoms with Crippen LogP contribution in [0.5, 0.6) is 0 Å². The second-order valence-electron chi connectivity index (χ2n) is 7.20. The summed E-state index contributed by atoms with van der Waals surface area (Å²) in [6.45, 7) is 8.68. The summed E-state index contributed by atoms with van der Waals surface area (Å²) in [5.74, 6) is 1.46. The zero-order valence-electron chi connectivity index (χ0n) is 16.9. The van der Waals surface area contributed by atoms with Crippen molar-refractivity contribution in [2.75, 3.05) is 26.2 Å². The van der Waals surface area contributed by atoms with Gasteiger partial charge in [0.15, 0.2) is 5.96 Å². The molecule has 0 radical (unpaired) electrons. The van der Waals surface area contributed by atoms with E-state index in [1.165, 1.54) is 25.7 Å². The van der Waals surface area contributed by atoms with Crippen LogP contribution in [0, 0.1) is 5.92 Å². The summed E-state index contributed by atoms with van der Waals surface area (Å²) in [6, 6.07) is 3.91. The highest BCUT2D eigenvalue weighted by atomic mass is 127. The molecule has 1 heterocycles. The Balaban J connectivity index is 0.00000364. The fraction of sp³-hybridized carbons (Fsp3) is 0.750. The molecule has 0 saturated heterocycles. The molecule has 1 aliphatic rings. The van der Waals surface area contributed by atoms with Crippen molar-refractivity contribution < 1.29 is 9.84 Å². The van der Waals surface area contributed by atoms with Gasteiger partial charge in [0.2, 0.25) is 0 Å². The number of rotatable bonds is 10. The van der Waals surface area contributed by atoms with E-state index in [2.05, 4.69) is 29.5 Å². The summed E-state index contributed by atoms with van der Waals surface area (Å²) in [5, 5.41) is 19.3. The van der Waals surface area contributed by atoms with Gasteiger partial charge in [-0.15, -0.1) is 35.3 Å². The average Bonchev–Trinajstić information content (AvgIpc) is 3.32. The molecule has 5 nitrogen and oxygen atoms in total. The normalized spacial score (nSPS) is 18.6. The highest BCUT2D eigenvalue weighted by molar-refractivity contribution is 14.0. The van der Waals surface area contributed by atoms with Gasteiger partial charge in [-0.1, -0.05) is 18.9 Å². The van der Waals surface area contributed by atoms with E-state index in [4.69, 9.17) is 4.74 Å². The minimum absolute atomic E-state index is 0. The maximum atomic E-state index is 10.6. The van der Waals surface area contributed by atoms with Gasteiger partial charge in [-0.05, 0) is 57.4 Å². The molecule has 0 amide bonds. The molecule has 1 saturated carbocycles. The van der Waals surface area contributed by atoms with Crippen LogP contribution in [0.3, 0.4) is 0 Å². The molecule has 156 valence electrons. The van der Waals surface area contributed by atoms with E-state index >= 15 is 0 Å². The predicted octanol–water partition coefficient (Wildman–Crippen LogP) is 4.11. The van der Waals surface area contributed by atoms with Gasteiger partial charge >= 0.3 is 0 Å². The smallest absolute Gasteiger partial charge is 0.191 e. The van der Waals surface area contributed by atoms with Crippen LogP contribution in [0.25, 0.3) is 0 Å². The number of aliphatic hydroxyl groups is 1. The molecule has 0 aromatic carbocycles. The van der Waals surface area contributed by atoms with Crippen molar-refractivity contribution in [2.45, 2.75) is 64.6 Å². The molecule has 0 aliphatic heterocycles. The number of thiophene rings is 1. The van der Waals surface area contributed by atoms with Crippen molar-refractivity contribution in [3.63, 3.8) is 0 Å². The lowest BCUT2D eigenvalue weighted by Gasteiger charge is -2.24. The van der Waals surface area contributed by atoms with Crippen molar-refractivity contribution in [2.24, 2.45) is 10.9 Å². The number of halogens is 1. The molecular weight excluding hydrogens is 473 g/mol. The average molecular weight is 509 g/mol. The predicted molar refractivity (Wildman–Crippen MR) is 125 cm³/mol. The molecule has 1 aliphatic carbocycles. The minimum atomic E-state index is -0.936. The topological polar surface area (TPSA) is 65.9 Å². The Bertz CT molecular complexity index is 531. The SMILES string of the molecule is CCNC(=NCC(C)(O)c1cccs1)NCCC(OCC)C1CCCC1.I. The van der Waals surface area contributed by atoms with Crippen molar-refractivity contribution >= 4 is 41.3 Å². The van der Waals surface area contributed by atoms with E-state index in [0.29, 0.717) is 18.6 Å². The third-order valence-electron chi connectivity index (χ3n) is 4.97. The summed E-state index contributed by atoms with van der Waals surface area (Å²) in [5.41, 5.74) is -0.936. The van der Waals surface area contributed by atoms with Crippen LogP contribution in [-0.4, -0.2) is 43.4 Å². The lowest BCUT2D eigenvalue weighted by molar-refractivity contribution is 0.0169. The van der Waals surface area contributed by atoms with Crippen LogP contribution in [-0.2, 0) is 10.3 Å². The fourth-order valence-corrected chi connectivity index (χ4v) is 4.35. The highest BCUT2D eigenvalue weighted by Gasteiger charge is 2.26. The molecule has 1 aromatic rings. The Kier molecular flexibility index (Phi) is 11.8. The first-order valence-electron chi connectivity index (χ1n) is 9.97. The zero-order valence-corrected chi connectivity index (χ0v) is 20.0. The second kappa shape index (κ2) is 13.0. The van der Waals surface area contributed by atoms with Gasteiger partial charge < -0.3 is 20.5 Å². The number of nitrogens with zero attached hydrogens (tertiary/aromatic N) is 1. The number of hydrogen-bond donors (Lipinski definition) is 3. The van der Waals surface area contributed by atoms with Crippen molar-refractivity contribution in [1.82, 2.24) is 10.6 Å². The highest BCUT2D eigenvalue weighted by Crippen LogP contribution is 2.30. The van der Waals surface area contributed by atoms with E-state index in [-0.39, 0.29) is 24.0 Å². The number of nitrogens with one attached hydrogen (secondary N) is 2. The summed E-state index contributed by atoms with van der Waals surface area (Å²) in [6.07, 6.45) is 6.59. The van der Waals surface area contributed by atoms with Crippen molar-refractivity contribution in [3.05, 3.63) is 22.4 Å². The number of aliphatic imine (C=N–C) groups is 1. The molecular formula is C20H36IN3O2S. The van der Waals surface area contributed by atoms with Crippen LogP contribution in [0.15, 0.2) is 22.5 Å². The first-order valence-corrected chi connectivity index (χ1v) is 10.8. The van der Waals surface area contributed by atoms with Crippen molar-refractivity contribution in [1.29, 1.82) is 0 Å². The molecule has 1 aromatic heterocycles. The van der Waals surface area contributed by atoms with Gasteiger partial charge in [0, 0.05) is 24.6 Å². The van der Waals surface area contributed by atoms with Gasteiger partial charge in [-0.3, -0.25) is 0 Å². The molecule has 0 bridgehead atoms. The Hall–Kier alpha value is -0.380. The summed E-state index contributed by atoms with van der Waals surface area (Å²) in [7, 11) is 0. The van der Waals surface area contributed by atoms with Crippen LogP contribution < -0.4 is 10.6 Å². The van der Waals surface area contributed by atoms with E-state index in [0.717, 1.165) is 37.0 Å². The van der Waals surface area contributed by atoms with Gasteiger partial charge in [0.25, 0.3) is 0 Å². The third kappa shape index (κ3) is 8.25. The third-order valence-corrected chi connectivity index (χ3v) is 6.09. The second-order valence-corrected chi connectivity index (χ2v) is 8.15. The fourth-order valence-electron chi connectivity index (χ4n) is 3.57. The maximum absolute atomic E-state index is 10.6. The molecule has 2 atom stereocenters. The van der Waals surface area contributed by atoms with E-state index in [9.17, 15) is 5.11 Å². The zero-order chi connectivity index (χ0) is 18.8. The molecule has 7 heteroatoms. The Morgan fingerprint density at radius 3 is 2.70 bits per heavy atom. The molecule has 1 fully saturated rings. The Morgan fingerprint density at radius 2 is 2.11 bits per heavy atom. The molecule has 27 heavy (non-hydrogen) atoms. The van der Waals surface area contributed by atoms with Gasteiger partial charge in [-0.25, -0.2) is 4.99 Å². The largest absolute Gasteiger partial charge is 0.383 e. The monoisotopic (exact) mass is 509 g/mol. The molecule has 0 spiro atoms. The molecule has 3 N–H and O–H groups in total. The maximum Gasteiger partial charge on any atom is 0.191 e. The first-order chi connectivity index (χ1) is 12.6. The van der Waals surface area contributed by atoms with Gasteiger partial charge in [-0.2, -0.15) is 0 Å². The molecule has 2 rings (SSSR count). The van der Waals surface area contributed by atoms with Gasteiger partial charge in [0.1, 0.15) is 5.60 Å². The standard InChI is InChI=1S/C20H35N3O2S.HI/c1-4-21-19(23-15-20(3,24)18-11-8-14-26-18)22-13-12-17(25-5-2)16-9-6-7-10-16;/h8,11,14,16-17,24H,4-7,9-10,12-13,15H2,1-3H3,(H2,21,22,23);1H. The Morgan fingerprint density at radius 1 is 1.37 bits per heavy atom. The minimum Gasteiger partial charge on any atom is -0.383 e. The molecule has 2 unspecified atom stereocenters. The summed E-state index contributed by atoms with van der Waals surface area (Å²) < 4.78 is 5.99. The summed E-state index contributed by atoms with van der Waals surface area (Å²) >= 11 is 1.56. The Labute approximate surface area is 185 Å². The van der Waals surface area contributed by atoms with Crippen molar-refractivity contribution in [3.8, 4) is 0 Å². The van der Waals surface area contributed by atoms with Crippen LogP contribution in [0.2, 0.25) is 0 Å². The van der Waals surface area contributed by atoms with E-state index < -0.39 is 5.60 Å². The number of hydrogen-bond acceptors (Lipinski definition) is 4. The van der Waals surface area contributed by atoms with E-state index in [1.54, 1.807) is 11.3 Å². The van der Waals surface area contributed by atoms with Crippen LogP contribution in [0.4, 0.5) is 0 Å². The first kappa shape index (κ1) is 24.7. The van der Waals surface area contributed by atoms with E-state index in [1.807, 2.05) is 24.4 Å². The van der Waals surface area contributed by atoms with Crippen LogP contribution in [0.1, 0.15) is 57.8 Å². The number of ether oxygens (including phenoxy) is 1. The lowest BCUT2D eigenvalue weighted by Crippen LogP contribution is -2.40. The lowest BCUT2D eigenvalue weighted by atomic mass is 9.98.